The summed E-state index contributed by atoms with van der Waals surface area (Å²) in [5.41, 5.74) is 3.03. The maximum Gasteiger partial charge on any atom is 0.410 e. The SMILES string of the molecule is COc1cc(C)c(C2(O)CC3CCC(C2)N3C(=O)OCc2ccccc2)cc1C. The van der Waals surface area contributed by atoms with E-state index in [0.29, 0.717) is 12.8 Å². The zero-order chi connectivity index (χ0) is 20.6. The summed E-state index contributed by atoms with van der Waals surface area (Å²) in [4.78, 5) is 14.7. The molecule has 0 spiro atoms. The molecule has 0 radical (unpaired) electrons. The summed E-state index contributed by atoms with van der Waals surface area (Å²) in [5.74, 6) is 0.833. The van der Waals surface area contributed by atoms with Gasteiger partial charge in [0.05, 0.1) is 12.7 Å². The second-order valence-corrected chi connectivity index (χ2v) is 8.41. The number of hydrogen-bond donors (Lipinski definition) is 1. The summed E-state index contributed by atoms with van der Waals surface area (Å²) in [5, 5.41) is 11.6. The van der Waals surface area contributed by atoms with Crippen LogP contribution in [0.15, 0.2) is 42.5 Å². The van der Waals surface area contributed by atoms with E-state index >= 15 is 0 Å². The molecule has 2 saturated heterocycles. The van der Waals surface area contributed by atoms with Gasteiger partial charge in [-0.15, -0.1) is 0 Å². The third kappa shape index (κ3) is 3.71. The first kappa shape index (κ1) is 19.8. The maximum absolute atomic E-state index is 12.8. The van der Waals surface area contributed by atoms with Gasteiger partial charge in [0.2, 0.25) is 0 Å². The highest BCUT2D eigenvalue weighted by Gasteiger charge is 2.51. The molecule has 2 unspecified atom stereocenters. The number of aliphatic hydroxyl groups is 1. The standard InChI is InChI=1S/C24H29NO4/c1-16-12-22(28-3)17(2)11-21(16)24(27)13-19-9-10-20(14-24)25(19)23(26)29-15-18-7-5-4-6-8-18/h4-8,11-12,19-20,27H,9-10,13-15H2,1-3H3. The summed E-state index contributed by atoms with van der Waals surface area (Å²) < 4.78 is 11.0. The van der Waals surface area contributed by atoms with Gasteiger partial charge in [-0.2, -0.15) is 0 Å². The monoisotopic (exact) mass is 395 g/mol. The van der Waals surface area contributed by atoms with E-state index in [1.54, 1.807) is 7.11 Å². The van der Waals surface area contributed by atoms with Crippen molar-refractivity contribution in [3.05, 3.63) is 64.7 Å². The number of rotatable bonds is 4. The molecule has 2 aromatic carbocycles. The number of methoxy groups -OCH3 is 1. The molecule has 2 fully saturated rings. The summed E-state index contributed by atoms with van der Waals surface area (Å²) in [7, 11) is 1.66. The van der Waals surface area contributed by atoms with Gasteiger partial charge in [0, 0.05) is 24.9 Å². The lowest BCUT2D eigenvalue weighted by Crippen LogP contribution is -2.52. The van der Waals surface area contributed by atoms with Crippen molar-refractivity contribution in [1.29, 1.82) is 0 Å². The van der Waals surface area contributed by atoms with Gasteiger partial charge >= 0.3 is 6.09 Å². The van der Waals surface area contributed by atoms with E-state index in [1.807, 2.05) is 61.2 Å². The number of ether oxygens (including phenoxy) is 2. The van der Waals surface area contributed by atoms with Crippen molar-refractivity contribution in [2.24, 2.45) is 0 Å². The topological polar surface area (TPSA) is 59.0 Å². The number of benzene rings is 2. The molecule has 2 atom stereocenters. The molecular weight excluding hydrogens is 366 g/mol. The van der Waals surface area contributed by atoms with Crippen molar-refractivity contribution in [2.75, 3.05) is 7.11 Å². The highest BCUT2D eigenvalue weighted by Crippen LogP contribution is 2.47. The average Bonchev–Trinajstić information content (AvgIpc) is 3.00. The minimum absolute atomic E-state index is 0.00355. The zero-order valence-electron chi connectivity index (χ0n) is 17.4. The Balaban J connectivity index is 1.50. The molecule has 5 heteroatoms. The molecule has 1 amide bonds. The van der Waals surface area contributed by atoms with Gasteiger partial charge < -0.3 is 19.5 Å². The number of amides is 1. The number of aryl methyl sites for hydroxylation is 2. The maximum atomic E-state index is 12.8. The third-order valence-corrected chi connectivity index (χ3v) is 6.43. The fraction of sp³-hybridized carbons (Fsp3) is 0.458. The van der Waals surface area contributed by atoms with Gasteiger partial charge in [-0.1, -0.05) is 30.3 Å². The molecule has 2 bridgehead atoms. The molecule has 29 heavy (non-hydrogen) atoms. The number of nitrogens with zero attached hydrogens (tertiary/aromatic N) is 1. The number of fused-ring (bicyclic) bond motifs is 2. The Labute approximate surface area is 172 Å². The van der Waals surface area contributed by atoms with Crippen LogP contribution in [-0.4, -0.2) is 35.3 Å². The molecule has 0 aromatic heterocycles. The Bertz CT molecular complexity index is 881. The molecule has 2 heterocycles. The first-order chi connectivity index (χ1) is 13.9. The van der Waals surface area contributed by atoms with E-state index < -0.39 is 5.60 Å². The highest BCUT2D eigenvalue weighted by atomic mass is 16.6. The number of piperidine rings is 1. The van der Waals surface area contributed by atoms with Gasteiger partial charge in [-0.05, 0) is 61.1 Å². The van der Waals surface area contributed by atoms with E-state index in [2.05, 4.69) is 0 Å². The highest BCUT2D eigenvalue weighted by molar-refractivity contribution is 5.69. The number of carbonyl (C=O) groups excluding carboxylic acids is 1. The van der Waals surface area contributed by atoms with Crippen LogP contribution in [0, 0.1) is 13.8 Å². The zero-order valence-corrected chi connectivity index (χ0v) is 17.4. The second kappa shape index (κ2) is 7.71. The van der Waals surface area contributed by atoms with Crippen molar-refractivity contribution in [1.82, 2.24) is 4.90 Å². The van der Waals surface area contributed by atoms with Crippen molar-refractivity contribution in [2.45, 2.75) is 63.8 Å². The van der Waals surface area contributed by atoms with Crippen LogP contribution in [0.3, 0.4) is 0 Å². The number of hydrogen-bond acceptors (Lipinski definition) is 4. The Morgan fingerprint density at radius 3 is 2.38 bits per heavy atom. The predicted molar refractivity (Wildman–Crippen MR) is 111 cm³/mol. The van der Waals surface area contributed by atoms with Crippen LogP contribution >= 0.6 is 0 Å². The van der Waals surface area contributed by atoms with E-state index in [-0.39, 0.29) is 24.8 Å². The van der Waals surface area contributed by atoms with Crippen molar-refractivity contribution in [3.63, 3.8) is 0 Å². The largest absolute Gasteiger partial charge is 0.496 e. The molecule has 5 nitrogen and oxygen atoms in total. The van der Waals surface area contributed by atoms with Crippen molar-refractivity contribution < 1.29 is 19.4 Å². The lowest BCUT2D eigenvalue weighted by molar-refractivity contribution is -0.0540. The normalized spacial score (nSPS) is 25.7. The first-order valence-electron chi connectivity index (χ1n) is 10.3. The molecular formula is C24H29NO4. The Kier molecular flexibility index (Phi) is 5.26. The van der Waals surface area contributed by atoms with Crippen LogP contribution in [0.25, 0.3) is 0 Å². The quantitative estimate of drug-likeness (QED) is 0.830. The third-order valence-electron chi connectivity index (χ3n) is 6.43. The van der Waals surface area contributed by atoms with Crippen molar-refractivity contribution in [3.8, 4) is 5.75 Å². The summed E-state index contributed by atoms with van der Waals surface area (Å²) in [6.45, 7) is 4.28. The molecule has 1 N–H and O–H groups in total. The second-order valence-electron chi connectivity index (χ2n) is 8.41. The Hall–Kier alpha value is -2.53. The van der Waals surface area contributed by atoms with Gasteiger partial charge in [0.15, 0.2) is 0 Å². The summed E-state index contributed by atoms with van der Waals surface area (Å²) in [6.07, 6.45) is 2.61. The smallest absolute Gasteiger partial charge is 0.410 e. The minimum Gasteiger partial charge on any atom is -0.496 e. The van der Waals surface area contributed by atoms with Gasteiger partial charge in [0.25, 0.3) is 0 Å². The molecule has 154 valence electrons. The summed E-state index contributed by atoms with van der Waals surface area (Å²) in [6, 6.07) is 13.8. The Morgan fingerprint density at radius 1 is 1.10 bits per heavy atom. The fourth-order valence-corrected chi connectivity index (χ4v) is 5.05. The van der Waals surface area contributed by atoms with Gasteiger partial charge in [-0.25, -0.2) is 4.79 Å². The molecule has 2 aliphatic heterocycles. The van der Waals surface area contributed by atoms with Gasteiger partial charge in [-0.3, -0.25) is 0 Å². The van der Waals surface area contributed by atoms with Crippen LogP contribution < -0.4 is 4.74 Å². The first-order valence-corrected chi connectivity index (χ1v) is 10.3. The average molecular weight is 395 g/mol. The molecule has 0 saturated carbocycles. The van der Waals surface area contributed by atoms with Crippen LogP contribution in [0.4, 0.5) is 4.79 Å². The lowest BCUT2D eigenvalue weighted by Gasteiger charge is -2.44. The predicted octanol–water partition coefficient (Wildman–Crippen LogP) is 4.46. The van der Waals surface area contributed by atoms with E-state index in [1.165, 1.54) is 0 Å². The molecule has 2 aromatic rings. The lowest BCUT2D eigenvalue weighted by atomic mass is 9.78. The molecule has 0 aliphatic carbocycles. The van der Waals surface area contributed by atoms with Crippen LogP contribution in [0.5, 0.6) is 5.75 Å². The molecule has 4 rings (SSSR count). The van der Waals surface area contributed by atoms with Crippen molar-refractivity contribution >= 4 is 6.09 Å². The Morgan fingerprint density at radius 2 is 1.76 bits per heavy atom. The van der Waals surface area contributed by atoms with Crippen LogP contribution in [0.2, 0.25) is 0 Å². The van der Waals surface area contributed by atoms with E-state index in [9.17, 15) is 9.90 Å². The van der Waals surface area contributed by atoms with Crippen LogP contribution in [-0.2, 0) is 16.9 Å². The summed E-state index contributed by atoms with van der Waals surface area (Å²) >= 11 is 0. The van der Waals surface area contributed by atoms with E-state index in [0.717, 1.165) is 40.8 Å². The molecule has 2 aliphatic rings. The fourth-order valence-electron chi connectivity index (χ4n) is 5.05. The van der Waals surface area contributed by atoms with Crippen LogP contribution in [0.1, 0.15) is 47.9 Å². The minimum atomic E-state index is -0.927. The van der Waals surface area contributed by atoms with Gasteiger partial charge in [0.1, 0.15) is 12.4 Å². The number of carbonyl (C=O) groups is 1. The van der Waals surface area contributed by atoms with E-state index in [4.69, 9.17) is 9.47 Å².